The second-order valence-corrected chi connectivity index (χ2v) is 22.9. The van der Waals surface area contributed by atoms with Gasteiger partial charge in [0.1, 0.15) is 12.6 Å². The van der Waals surface area contributed by atoms with Crippen LogP contribution in [0.15, 0.2) is 23.3 Å². The van der Waals surface area contributed by atoms with E-state index in [-0.39, 0.29) is 32.5 Å². The molecule has 0 aromatic heterocycles. The first-order valence-electron chi connectivity index (χ1n) is 16.2. The minimum Gasteiger partial charge on any atom is -0.413 e. The molecule has 2 saturated carbocycles. The summed E-state index contributed by atoms with van der Waals surface area (Å²) in [4.78, 5) is 14.2. The van der Waals surface area contributed by atoms with Crippen LogP contribution in [0, 0.1) is 23.2 Å². The lowest BCUT2D eigenvalue weighted by Gasteiger charge is -2.42. The van der Waals surface area contributed by atoms with Gasteiger partial charge >= 0.3 is 0 Å². The lowest BCUT2D eigenvalue weighted by Crippen LogP contribution is -2.47. The summed E-state index contributed by atoms with van der Waals surface area (Å²) in [5, 5.41) is 0.139. The molecule has 0 aromatic carbocycles. The maximum Gasteiger partial charge on any atom is 0.192 e. The van der Waals surface area contributed by atoms with E-state index in [1.165, 1.54) is 42.8 Å². The van der Waals surface area contributed by atoms with E-state index < -0.39 is 8.32 Å². The van der Waals surface area contributed by atoms with Crippen LogP contribution in [0.25, 0.3) is 0 Å². The lowest BCUT2D eigenvalue weighted by molar-refractivity contribution is -0.128. The summed E-state index contributed by atoms with van der Waals surface area (Å²) in [6.45, 7) is 17.3. The quantitative estimate of drug-likeness (QED) is 0.0832. The molecule has 4 nitrogen and oxygen atoms in total. The predicted octanol–water partition coefficient (Wildman–Crippen LogP) is 9.41. The molecule has 4 aliphatic rings. The standard InChI is InChI=1S/C34H58O4S2Si/c1-25(23-37-24-36-6)13-9-19-34(39-21-12-22-40-34)20-11-15-28(38-41(7,8)32(2,3)4)27-17-16-26-14-10-18-33(5)29(26)30(33)31(27)35/h13-14,27-30H,9-12,15-24H2,1-8H3/b25-13+/t27-,28+,29+,30+,33+/m1/s1. The van der Waals surface area contributed by atoms with E-state index >= 15 is 0 Å². The molecule has 0 N–H and O–H groups in total. The van der Waals surface area contributed by atoms with Crippen LogP contribution >= 0.6 is 23.5 Å². The van der Waals surface area contributed by atoms with E-state index in [9.17, 15) is 4.79 Å². The highest BCUT2D eigenvalue weighted by molar-refractivity contribution is 8.18. The van der Waals surface area contributed by atoms with Gasteiger partial charge in [0.2, 0.25) is 0 Å². The Bertz CT molecular complexity index is 964. The van der Waals surface area contributed by atoms with Crippen molar-refractivity contribution in [2.24, 2.45) is 23.2 Å². The van der Waals surface area contributed by atoms with E-state index in [2.05, 4.69) is 83.4 Å². The van der Waals surface area contributed by atoms with Crippen molar-refractivity contribution in [3.8, 4) is 0 Å². The molecule has 4 rings (SSSR count). The molecule has 41 heavy (non-hydrogen) atoms. The third kappa shape index (κ3) is 7.97. The fraction of sp³-hybridized carbons (Fsp3) is 0.853. The van der Waals surface area contributed by atoms with Crippen LogP contribution in [0.2, 0.25) is 18.1 Å². The Balaban J connectivity index is 1.45. The molecule has 234 valence electrons. The van der Waals surface area contributed by atoms with Crippen LogP contribution in [-0.4, -0.2) is 56.3 Å². The van der Waals surface area contributed by atoms with Gasteiger partial charge in [-0.05, 0) is 112 Å². The largest absolute Gasteiger partial charge is 0.413 e. The molecule has 0 unspecified atom stereocenters. The summed E-state index contributed by atoms with van der Waals surface area (Å²) in [5.74, 6) is 3.88. The molecule has 0 amide bonds. The minimum atomic E-state index is -2.02. The second-order valence-electron chi connectivity index (χ2n) is 14.9. The fourth-order valence-electron chi connectivity index (χ4n) is 7.40. The first kappa shape index (κ1) is 33.8. The minimum absolute atomic E-state index is 0.0581. The monoisotopic (exact) mass is 622 g/mol. The normalized spacial score (nSPS) is 30.8. The van der Waals surface area contributed by atoms with Crippen LogP contribution in [-0.2, 0) is 18.7 Å². The Kier molecular flexibility index (Phi) is 11.5. The van der Waals surface area contributed by atoms with Gasteiger partial charge in [0.05, 0.1) is 16.8 Å². The van der Waals surface area contributed by atoms with Gasteiger partial charge < -0.3 is 13.9 Å². The topological polar surface area (TPSA) is 44.8 Å². The van der Waals surface area contributed by atoms with E-state index in [1.54, 1.807) is 12.7 Å². The van der Waals surface area contributed by atoms with Crippen molar-refractivity contribution in [3.63, 3.8) is 0 Å². The van der Waals surface area contributed by atoms with Gasteiger partial charge in [-0.3, -0.25) is 4.79 Å². The molecule has 3 fully saturated rings. The Hall–Kier alpha value is -0.0531. The number of ether oxygens (including phenoxy) is 2. The highest BCUT2D eigenvalue weighted by Gasteiger charge is 2.68. The number of carbonyl (C=O) groups excluding carboxylic acids is 1. The smallest absolute Gasteiger partial charge is 0.192 e. The van der Waals surface area contributed by atoms with Gasteiger partial charge in [0, 0.05) is 18.9 Å². The number of hydrogen-bond acceptors (Lipinski definition) is 6. The molecule has 7 heteroatoms. The summed E-state index contributed by atoms with van der Waals surface area (Å²) in [6, 6.07) is 0. The van der Waals surface area contributed by atoms with Gasteiger partial charge in [-0.2, -0.15) is 0 Å². The number of carbonyl (C=O) groups is 1. The number of thioether (sulfide) groups is 2. The Morgan fingerprint density at radius 3 is 2.61 bits per heavy atom. The van der Waals surface area contributed by atoms with Crippen LogP contribution in [0.4, 0.5) is 0 Å². The molecule has 0 radical (unpaired) electrons. The fourth-order valence-corrected chi connectivity index (χ4v) is 12.2. The molecule has 0 aromatic rings. The Morgan fingerprint density at radius 2 is 1.93 bits per heavy atom. The average molecular weight is 623 g/mol. The Labute approximate surface area is 261 Å². The van der Waals surface area contributed by atoms with Crippen LogP contribution < -0.4 is 0 Å². The number of hydrogen-bond donors (Lipinski definition) is 0. The third-order valence-electron chi connectivity index (χ3n) is 10.9. The molecule has 3 aliphatic carbocycles. The SMILES string of the molecule is COCOC/C(C)=C/CCC1(CCC[C@H](O[Si](C)(C)C(C)(C)C)[C@H]2CCC3=CCC[C@]4(C)[C@H](C2=O)[C@H]34)SCCCS1. The van der Waals surface area contributed by atoms with Crippen molar-refractivity contribution >= 4 is 37.6 Å². The second kappa shape index (κ2) is 13.9. The zero-order valence-electron chi connectivity index (χ0n) is 27.3. The molecule has 0 bridgehead atoms. The molecular formula is C34H58O4S2Si. The number of allylic oxidation sites excluding steroid dienone is 3. The van der Waals surface area contributed by atoms with Crippen molar-refractivity contribution in [1.82, 2.24) is 0 Å². The maximum atomic E-state index is 14.2. The Morgan fingerprint density at radius 1 is 1.20 bits per heavy atom. The molecule has 1 saturated heterocycles. The molecule has 5 atom stereocenters. The van der Waals surface area contributed by atoms with E-state index in [4.69, 9.17) is 13.9 Å². The average Bonchev–Trinajstić information content (AvgIpc) is 3.58. The van der Waals surface area contributed by atoms with Crippen molar-refractivity contribution in [1.29, 1.82) is 0 Å². The van der Waals surface area contributed by atoms with E-state index in [1.807, 2.05) is 0 Å². The zero-order chi connectivity index (χ0) is 29.9. The first-order chi connectivity index (χ1) is 19.3. The van der Waals surface area contributed by atoms with Crippen LogP contribution in [0.1, 0.15) is 98.8 Å². The number of ketones is 1. The molecular weight excluding hydrogens is 565 g/mol. The van der Waals surface area contributed by atoms with Crippen LogP contribution in [0.3, 0.4) is 0 Å². The van der Waals surface area contributed by atoms with Crippen molar-refractivity contribution < 1.29 is 18.7 Å². The van der Waals surface area contributed by atoms with Gasteiger partial charge in [-0.1, -0.05) is 51.0 Å². The third-order valence-corrected chi connectivity index (χ3v) is 18.9. The summed E-state index contributed by atoms with van der Waals surface area (Å²) >= 11 is 4.37. The van der Waals surface area contributed by atoms with Crippen molar-refractivity contribution in [2.45, 2.75) is 127 Å². The van der Waals surface area contributed by atoms with Gasteiger partial charge in [-0.25, -0.2) is 0 Å². The number of fused-ring (bicyclic) bond motifs is 1. The lowest BCUT2D eigenvalue weighted by atomic mass is 9.81. The number of methoxy groups -OCH3 is 1. The van der Waals surface area contributed by atoms with Gasteiger partial charge in [0.15, 0.2) is 8.32 Å². The van der Waals surface area contributed by atoms with Gasteiger partial charge in [0.25, 0.3) is 0 Å². The summed E-state index contributed by atoms with van der Waals surface area (Å²) in [7, 11) is -0.349. The zero-order valence-corrected chi connectivity index (χ0v) is 29.9. The van der Waals surface area contributed by atoms with Gasteiger partial charge in [-0.15, -0.1) is 23.5 Å². The van der Waals surface area contributed by atoms with E-state index in [0.29, 0.717) is 25.1 Å². The summed E-state index contributed by atoms with van der Waals surface area (Å²) in [6.07, 6.45) is 16.3. The van der Waals surface area contributed by atoms with Crippen molar-refractivity contribution in [3.05, 3.63) is 23.3 Å². The first-order valence-corrected chi connectivity index (χ1v) is 21.1. The predicted molar refractivity (Wildman–Crippen MR) is 179 cm³/mol. The maximum absolute atomic E-state index is 14.2. The molecule has 1 heterocycles. The van der Waals surface area contributed by atoms with E-state index in [0.717, 1.165) is 38.5 Å². The highest BCUT2D eigenvalue weighted by Crippen LogP contribution is 2.69. The molecule has 1 aliphatic heterocycles. The molecule has 0 spiro atoms. The van der Waals surface area contributed by atoms with Crippen LogP contribution in [0.5, 0.6) is 0 Å². The summed E-state index contributed by atoms with van der Waals surface area (Å²) in [5.41, 5.74) is 3.10. The highest BCUT2D eigenvalue weighted by atomic mass is 32.2. The number of Topliss-reactive ketones (excluding diaryl/α,β-unsaturated/α-hetero) is 1. The van der Waals surface area contributed by atoms with Crippen molar-refractivity contribution in [2.75, 3.05) is 32.0 Å². The summed E-state index contributed by atoms with van der Waals surface area (Å²) < 4.78 is 18.1. The number of rotatable bonds is 14.